The molecule has 0 amide bonds. The van der Waals surface area contributed by atoms with Gasteiger partial charge >= 0.3 is 0 Å². The van der Waals surface area contributed by atoms with Gasteiger partial charge in [0.05, 0.1) is 11.0 Å². The Morgan fingerprint density at radius 2 is 2.13 bits per heavy atom. The second-order valence-electron chi connectivity index (χ2n) is 5.81. The second kappa shape index (κ2) is 7.08. The van der Waals surface area contributed by atoms with Crippen molar-refractivity contribution in [3.8, 4) is 0 Å². The lowest BCUT2D eigenvalue weighted by Crippen LogP contribution is -2.15. The smallest absolute Gasteiger partial charge is 0.258 e. The summed E-state index contributed by atoms with van der Waals surface area (Å²) in [5.41, 5.74) is 1.02. The van der Waals surface area contributed by atoms with Crippen LogP contribution in [-0.2, 0) is 0 Å². The van der Waals surface area contributed by atoms with E-state index in [1.165, 1.54) is 25.3 Å². The van der Waals surface area contributed by atoms with Crippen molar-refractivity contribution >= 4 is 17.4 Å². The number of thioether (sulfide) groups is 1. The van der Waals surface area contributed by atoms with Crippen molar-refractivity contribution in [2.24, 2.45) is 0 Å². The molecule has 3 rings (SSSR count). The van der Waals surface area contributed by atoms with Crippen molar-refractivity contribution in [1.29, 1.82) is 0 Å². The van der Waals surface area contributed by atoms with E-state index < -0.39 is 0 Å². The largest absolute Gasteiger partial charge is 0.269 e. The Hall–Kier alpha value is -1.96. The van der Waals surface area contributed by atoms with E-state index in [0.717, 1.165) is 23.6 Å². The summed E-state index contributed by atoms with van der Waals surface area (Å²) in [6.07, 6.45) is 5.95. The first-order valence-corrected chi connectivity index (χ1v) is 8.72. The van der Waals surface area contributed by atoms with Gasteiger partial charge in [-0.1, -0.05) is 43.2 Å². The molecular formula is C15H19N5O2S. The van der Waals surface area contributed by atoms with Crippen molar-refractivity contribution in [3.05, 3.63) is 39.9 Å². The van der Waals surface area contributed by atoms with Gasteiger partial charge in [0.15, 0.2) is 0 Å². The molecule has 0 bridgehead atoms. The highest BCUT2D eigenvalue weighted by Crippen LogP contribution is 2.37. The van der Waals surface area contributed by atoms with Gasteiger partial charge in [0.1, 0.15) is 0 Å². The quantitative estimate of drug-likeness (QED) is 0.468. The molecule has 0 saturated heterocycles. The summed E-state index contributed by atoms with van der Waals surface area (Å²) < 4.78 is 1.93. The molecule has 0 spiro atoms. The van der Waals surface area contributed by atoms with Gasteiger partial charge in [-0.05, 0) is 35.8 Å². The summed E-state index contributed by atoms with van der Waals surface area (Å²) in [5.74, 6) is 0. The van der Waals surface area contributed by atoms with Gasteiger partial charge in [0, 0.05) is 17.4 Å². The molecule has 0 radical (unpaired) electrons. The van der Waals surface area contributed by atoms with Gasteiger partial charge in [-0.25, -0.2) is 4.68 Å². The van der Waals surface area contributed by atoms with Crippen LogP contribution in [0.3, 0.4) is 0 Å². The highest BCUT2D eigenvalue weighted by molar-refractivity contribution is 7.99. The zero-order valence-electron chi connectivity index (χ0n) is 13.0. The maximum absolute atomic E-state index is 10.9. The van der Waals surface area contributed by atoms with Crippen LogP contribution in [0.25, 0.3) is 0 Å². The number of rotatable bonds is 5. The third-order valence-electron chi connectivity index (χ3n) is 4.22. The van der Waals surface area contributed by atoms with Crippen LogP contribution in [0.4, 0.5) is 5.69 Å². The van der Waals surface area contributed by atoms with Crippen molar-refractivity contribution in [1.82, 2.24) is 20.2 Å². The number of hydrogen-bond donors (Lipinski definition) is 0. The highest BCUT2D eigenvalue weighted by atomic mass is 32.2. The van der Waals surface area contributed by atoms with Gasteiger partial charge in [-0.15, -0.1) is 5.10 Å². The van der Waals surface area contributed by atoms with E-state index in [0.29, 0.717) is 6.04 Å². The third kappa shape index (κ3) is 3.69. The lowest BCUT2D eigenvalue weighted by molar-refractivity contribution is -0.384. The molecule has 1 heterocycles. The molecule has 1 fully saturated rings. The van der Waals surface area contributed by atoms with Crippen molar-refractivity contribution in [3.63, 3.8) is 0 Å². The molecule has 1 aromatic carbocycles. The fourth-order valence-corrected chi connectivity index (χ4v) is 3.91. The Kier molecular flexibility index (Phi) is 4.90. The molecule has 122 valence electrons. The minimum absolute atomic E-state index is 0.0447. The monoisotopic (exact) mass is 333 g/mol. The lowest BCUT2D eigenvalue weighted by atomic mass is 9.96. The Morgan fingerprint density at radius 3 is 2.87 bits per heavy atom. The summed E-state index contributed by atoms with van der Waals surface area (Å²) in [6, 6.07) is 7.12. The predicted octanol–water partition coefficient (Wildman–Crippen LogP) is 3.94. The average molecular weight is 333 g/mol. The minimum Gasteiger partial charge on any atom is -0.258 e. The Balaban J connectivity index is 1.75. The topological polar surface area (TPSA) is 86.7 Å². The molecule has 1 aliphatic rings. The lowest BCUT2D eigenvalue weighted by Gasteiger charge is -2.22. The Bertz CT molecular complexity index is 684. The van der Waals surface area contributed by atoms with Crippen LogP contribution >= 0.6 is 11.8 Å². The van der Waals surface area contributed by atoms with Crippen LogP contribution in [-0.4, -0.2) is 25.1 Å². The molecule has 1 unspecified atom stereocenters. The van der Waals surface area contributed by atoms with Crippen molar-refractivity contribution in [2.45, 2.75) is 55.5 Å². The molecule has 2 aromatic rings. The minimum atomic E-state index is -0.368. The van der Waals surface area contributed by atoms with E-state index in [4.69, 9.17) is 0 Å². The molecule has 0 aliphatic heterocycles. The van der Waals surface area contributed by atoms with E-state index in [1.54, 1.807) is 23.9 Å². The van der Waals surface area contributed by atoms with Gasteiger partial charge < -0.3 is 0 Å². The maximum atomic E-state index is 10.9. The van der Waals surface area contributed by atoms with E-state index in [-0.39, 0.29) is 15.9 Å². The van der Waals surface area contributed by atoms with Gasteiger partial charge in [-0.2, -0.15) is 0 Å². The zero-order chi connectivity index (χ0) is 16.2. The summed E-state index contributed by atoms with van der Waals surface area (Å²) in [6.45, 7) is 2.02. The number of nitro benzene ring substituents is 1. The SMILES string of the molecule is CC(Sc1nnnn1C1CCCCC1)c1cccc([N+](=O)[O-])c1. The van der Waals surface area contributed by atoms with Crippen molar-refractivity contribution in [2.75, 3.05) is 0 Å². The highest BCUT2D eigenvalue weighted by Gasteiger charge is 2.22. The number of aromatic nitrogens is 4. The number of hydrogen-bond acceptors (Lipinski definition) is 6. The number of tetrazole rings is 1. The number of non-ortho nitro benzene ring substituents is 1. The number of nitrogens with zero attached hydrogens (tertiary/aromatic N) is 5. The van der Waals surface area contributed by atoms with Crippen LogP contribution in [0.15, 0.2) is 29.4 Å². The zero-order valence-corrected chi connectivity index (χ0v) is 13.8. The molecule has 7 nitrogen and oxygen atoms in total. The van der Waals surface area contributed by atoms with Gasteiger partial charge in [0.25, 0.3) is 5.69 Å². The molecule has 1 saturated carbocycles. The second-order valence-corrected chi connectivity index (χ2v) is 7.12. The summed E-state index contributed by atoms with van der Waals surface area (Å²) in [4.78, 5) is 10.5. The number of benzene rings is 1. The molecule has 23 heavy (non-hydrogen) atoms. The Morgan fingerprint density at radius 1 is 1.35 bits per heavy atom. The molecule has 0 N–H and O–H groups in total. The fraction of sp³-hybridized carbons (Fsp3) is 0.533. The third-order valence-corrected chi connectivity index (χ3v) is 5.32. The predicted molar refractivity (Wildman–Crippen MR) is 87.3 cm³/mol. The van der Waals surface area contributed by atoms with Crippen LogP contribution in [0.5, 0.6) is 0 Å². The van der Waals surface area contributed by atoms with Gasteiger partial charge in [-0.3, -0.25) is 10.1 Å². The Labute approximate surface area is 138 Å². The summed E-state index contributed by atoms with van der Waals surface area (Å²) in [5, 5.41) is 23.9. The van der Waals surface area contributed by atoms with Crippen LogP contribution < -0.4 is 0 Å². The molecule has 1 aliphatic carbocycles. The number of nitro groups is 1. The first-order chi connectivity index (χ1) is 11.1. The van der Waals surface area contributed by atoms with Crippen LogP contribution in [0, 0.1) is 10.1 Å². The van der Waals surface area contributed by atoms with Crippen LogP contribution in [0.2, 0.25) is 0 Å². The maximum Gasteiger partial charge on any atom is 0.269 e. The van der Waals surface area contributed by atoms with Crippen molar-refractivity contribution < 1.29 is 4.92 Å². The van der Waals surface area contributed by atoms with E-state index in [9.17, 15) is 10.1 Å². The normalized spacial score (nSPS) is 17.1. The standard InChI is InChI=1S/C15H19N5O2S/c1-11(12-6-5-9-14(10-12)20(21)22)23-15-16-17-18-19(15)13-7-3-2-4-8-13/h5-6,9-11,13H,2-4,7-8H2,1H3. The first-order valence-electron chi connectivity index (χ1n) is 7.84. The fourth-order valence-electron chi connectivity index (χ4n) is 2.94. The van der Waals surface area contributed by atoms with E-state index in [1.807, 2.05) is 17.7 Å². The molecule has 1 aromatic heterocycles. The average Bonchev–Trinajstić information content (AvgIpc) is 3.04. The molecule has 8 heteroatoms. The summed E-state index contributed by atoms with van der Waals surface area (Å²) in [7, 11) is 0. The van der Waals surface area contributed by atoms with Crippen LogP contribution in [0.1, 0.15) is 55.9 Å². The summed E-state index contributed by atoms with van der Waals surface area (Å²) >= 11 is 1.55. The van der Waals surface area contributed by atoms with E-state index >= 15 is 0 Å². The molecule has 1 atom stereocenters. The molecular weight excluding hydrogens is 314 g/mol. The van der Waals surface area contributed by atoms with E-state index in [2.05, 4.69) is 15.5 Å². The first kappa shape index (κ1) is 15.9. The van der Waals surface area contributed by atoms with Gasteiger partial charge in [0.2, 0.25) is 5.16 Å².